The van der Waals surface area contributed by atoms with Crippen molar-refractivity contribution >= 4 is 5.97 Å². The van der Waals surface area contributed by atoms with Crippen molar-refractivity contribution in [2.24, 2.45) is 5.41 Å². The Kier molecular flexibility index (Phi) is 12.1. The van der Waals surface area contributed by atoms with Gasteiger partial charge in [-0.1, -0.05) is 124 Å². The van der Waals surface area contributed by atoms with E-state index >= 15 is 0 Å². The van der Waals surface area contributed by atoms with Crippen LogP contribution >= 0.6 is 0 Å². The van der Waals surface area contributed by atoms with Crippen LogP contribution in [-0.2, 0) is 4.79 Å². The van der Waals surface area contributed by atoms with Crippen LogP contribution in [0, 0.1) is 5.41 Å². The summed E-state index contributed by atoms with van der Waals surface area (Å²) in [5.41, 5.74) is -0.0828. The van der Waals surface area contributed by atoms with E-state index in [0.29, 0.717) is 5.57 Å². The van der Waals surface area contributed by atoms with Gasteiger partial charge >= 0.3 is 5.97 Å². The van der Waals surface area contributed by atoms with Crippen molar-refractivity contribution in [3.05, 3.63) is 135 Å². The predicted molar refractivity (Wildman–Crippen MR) is 118 cm³/mol. The molecule has 0 aromatic carbocycles. The van der Waals surface area contributed by atoms with Crippen LogP contribution in [0.25, 0.3) is 0 Å². The number of hydrogen-bond acceptors (Lipinski definition) is 1. The van der Waals surface area contributed by atoms with Crippen LogP contribution < -0.4 is 0 Å². The predicted octanol–water partition coefficient (Wildman–Crippen LogP) is 6.46. The largest absolute Gasteiger partial charge is 0.478 e. The molecule has 0 aromatic heterocycles. The third-order valence-corrected chi connectivity index (χ3v) is 3.47. The topological polar surface area (TPSA) is 37.3 Å². The number of rotatable bonds is 12. The number of carbonyl (C=O) groups is 1. The summed E-state index contributed by atoms with van der Waals surface area (Å²) in [6.07, 6.45) is 27.8. The van der Waals surface area contributed by atoms with Crippen molar-refractivity contribution < 1.29 is 9.90 Å². The molecule has 0 amide bonds. The van der Waals surface area contributed by atoms with Crippen LogP contribution in [0.2, 0.25) is 0 Å². The van der Waals surface area contributed by atoms with E-state index in [4.69, 9.17) is 0 Å². The van der Waals surface area contributed by atoms with Gasteiger partial charge in [-0.25, -0.2) is 4.79 Å². The molecule has 140 valence electrons. The fraction of sp³-hybridized carbons (Fsp3) is 0.0800. The molecule has 1 atom stereocenters. The summed E-state index contributed by atoms with van der Waals surface area (Å²) in [5.74, 6) is -1.01. The van der Waals surface area contributed by atoms with Gasteiger partial charge in [-0.05, 0) is 12.5 Å². The number of aliphatic carboxylic acids is 1. The molecular formula is C25H28O2. The van der Waals surface area contributed by atoms with E-state index < -0.39 is 11.4 Å². The molecule has 0 aliphatic carbocycles. The van der Waals surface area contributed by atoms with Crippen molar-refractivity contribution in [1.82, 2.24) is 0 Å². The molecule has 0 heterocycles. The quantitative estimate of drug-likeness (QED) is 0.320. The van der Waals surface area contributed by atoms with Gasteiger partial charge in [0, 0.05) is 5.41 Å². The van der Waals surface area contributed by atoms with Crippen LogP contribution in [0.1, 0.15) is 6.92 Å². The standard InChI is InChI=1S/C25H28O2/c1-6-10-14-15-16-17-21-25(5,20-13-9-4)23(24(26)27)22(18-11-7-2)19-12-8-3/h6-21H,1-4H2,5H3,(H,26,27). The number of carboxylic acid groups (broad SMARTS) is 1. The Bertz CT molecular complexity index is 729. The Hall–Kier alpha value is -3.39. The van der Waals surface area contributed by atoms with Crippen LogP contribution in [0.3, 0.4) is 0 Å². The average Bonchev–Trinajstić information content (AvgIpc) is 2.64. The first-order valence-electron chi connectivity index (χ1n) is 8.47. The summed E-state index contributed by atoms with van der Waals surface area (Å²) >= 11 is 0. The van der Waals surface area contributed by atoms with E-state index in [1.54, 1.807) is 60.8 Å². The highest BCUT2D eigenvalue weighted by atomic mass is 16.4. The Morgan fingerprint density at radius 1 is 0.704 bits per heavy atom. The van der Waals surface area contributed by atoms with Gasteiger partial charge in [0.25, 0.3) is 0 Å². The zero-order valence-corrected chi connectivity index (χ0v) is 15.9. The summed E-state index contributed by atoms with van der Waals surface area (Å²) < 4.78 is 0. The molecule has 0 aromatic rings. The molecule has 27 heavy (non-hydrogen) atoms. The summed E-state index contributed by atoms with van der Waals surface area (Å²) in [5, 5.41) is 9.94. The van der Waals surface area contributed by atoms with E-state index in [2.05, 4.69) is 26.3 Å². The highest BCUT2D eigenvalue weighted by molar-refractivity contribution is 5.91. The van der Waals surface area contributed by atoms with Crippen molar-refractivity contribution in [3.63, 3.8) is 0 Å². The van der Waals surface area contributed by atoms with E-state index in [1.807, 2.05) is 43.4 Å². The monoisotopic (exact) mass is 360 g/mol. The maximum atomic E-state index is 12.1. The molecule has 0 bridgehead atoms. The third-order valence-electron chi connectivity index (χ3n) is 3.47. The first-order valence-corrected chi connectivity index (χ1v) is 8.47. The number of allylic oxidation sites excluding steroid dienone is 17. The molecule has 0 fully saturated rings. The van der Waals surface area contributed by atoms with E-state index in [0.717, 1.165) is 0 Å². The molecule has 0 spiro atoms. The van der Waals surface area contributed by atoms with Gasteiger partial charge in [-0.3, -0.25) is 0 Å². The minimum atomic E-state index is -1.01. The second kappa shape index (κ2) is 13.9. The number of hydrogen-bond donors (Lipinski definition) is 1. The Morgan fingerprint density at radius 2 is 1.15 bits per heavy atom. The van der Waals surface area contributed by atoms with Crippen molar-refractivity contribution in [2.45, 2.75) is 6.92 Å². The summed E-state index contributed by atoms with van der Waals surface area (Å²) in [7, 11) is 0. The van der Waals surface area contributed by atoms with Crippen LogP contribution in [-0.4, -0.2) is 11.1 Å². The second-order valence-electron chi connectivity index (χ2n) is 5.57. The highest BCUT2D eigenvalue weighted by Gasteiger charge is 2.30. The second-order valence-corrected chi connectivity index (χ2v) is 5.57. The highest BCUT2D eigenvalue weighted by Crippen LogP contribution is 2.34. The molecule has 0 radical (unpaired) electrons. The van der Waals surface area contributed by atoms with Crippen LogP contribution in [0.4, 0.5) is 0 Å². The summed E-state index contributed by atoms with van der Waals surface area (Å²) in [4.78, 5) is 12.1. The minimum absolute atomic E-state index is 0.225. The molecule has 0 rings (SSSR count). The lowest BCUT2D eigenvalue weighted by molar-refractivity contribution is -0.133. The normalized spacial score (nSPS) is 14.4. The molecule has 0 saturated heterocycles. The zero-order valence-electron chi connectivity index (χ0n) is 15.9. The maximum absolute atomic E-state index is 12.1. The van der Waals surface area contributed by atoms with E-state index in [-0.39, 0.29) is 5.57 Å². The minimum Gasteiger partial charge on any atom is -0.478 e. The smallest absolute Gasteiger partial charge is 0.333 e. The van der Waals surface area contributed by atoms with Crippen molar-refractivity contribution in [1.29, 1.82) is 0 Å². The summed E-state index contributed by atoms with van der Waals surface area (Å²) in [6.45, 7) is 16.4. The molecule has 2 nitrogen and oxygen atoms in total. The Morgan fingerprint density at radius 3 is 1.63 bits per heavy atom. The first-order chi connectivity index (χ1) is 13.0. The SMILES string of the molecule is C=CC=CC=CC=CC(C)(C=CC=C)C(C(=O)O)=C(C=CC=C)C=CC=C. The van der Waals surface area contributed by atoms with Gasteiger partial charge in [-0.2, -0.15) is 0 Å². The molecule has 1 unspecified atom stereocenters. The molecule has 0 aliphatic heterocycles. The average molecular weight is 360 g/mol. The van der Waals surface area contributed by atoms with E-state index in [9.17, 15) is 9.90 Å². The lowest BCUT2D eigenvalue weighted by Gasteiger charge is -2.25. The van der Waals surface area contributed by atoms with Gasteiger partial charge in [-0.15, -0.1) is 0 Å². The van der Waals surface area contributed by atoms with Gasteiger partial charge < -0.3 is 5.11 Å². The van der Waals surface area contributed by atoms with Gasteiger partial charge in [0.1, 0.15) is 0 Å². The van der Waals surface area contributed by atoms with Crippen molar-refractivity contribution in [3.8, 4) is 0 Å². The van der Waals surface area contributed by atoms with E-state index in [1.165, 1.54) is 0 Å². The van der Waals surface area contributed by atoms with Gasteiger partial charge in [0.2, 0.25) is 0 Å². The molecular weight excluding hydrogens is 332 g/mol. The Balaban J connectivity index is 6.46. The Labute approximate surface area is 163 Å². The lowest BCUT2D eigenvalue weighted by atomic mass is 9.78. The maximum Gasteiger partial charge on any atom is 0.333 e. The lowest BCUT2D eigenvalue weighted by Crippen LogP contribution is -2.22. The fourth-order valence-electron chi connectivity index (χ4n) is 2.25. The summed E-state index contributed by atoms with van der Waals surface area (Å²) in [6, 6.07) is 0. The molecule has 2 heteroatoms. The van der Waals surface area contributed by atoms with Gasteiger partial charge in [0.05, 0.1) is 5.57 Å². The molecule has 1 N–H and O–H groups in total. The van der Waals surface area contributed by atoms with Crippen LogP contribution in [0.15, 0.2) is 135 Å². The third kappa shape index (κ3) is 9.03. The fourth-order valence-corrected chi connectivity index (χ4v) is 2.25. The number of carboxylic acids is 1. The van der Waals surface area contributed by atoms with Crippen molar-refractivity contribution in [2.75, 3.05) is 0 Å². The zero-order chi connectivity index (χ0) is 20.5. The molecule has 0 saturated carbocycles. The first kappa shape index (κ1) is 23.6. The van der Waals surface area contributed by atoms with Crippen LogP contribution in [0.5, 0.6) is 0 Å². The molecule has 0 aliphatic rings. The van der Waals surface area contributed by atoms with Gasteiger partial charge in [0.15, 0.2) is 0 Å².